The maximum Gasteiger partial charge on any atom is 0.322 e. The van der Waals surface area contributed by atoms with E-state index in [2.05, 4.69) is 10.6 Å². The number of carbonyl (C=O) groups excluding carboxylic acids is 3. The molecule has 0 spiro atoms. The van der Waals surface area contributed by atoms with Crippen LogP contribution in [0.4, 0.5) is 10.5 Å². The number of rotatable bonds is 7. The number of hydrogen-bond donors (Lipinski definition) is 2. The lowest BCUT2D eigenvalue weighted by Gasteiger charge is -2.41. The van der Waals surface area contributed by atoms with Gasteiger partial charge in [-0.15, -0.1) is 11.3 Å². The number of nitrogens with zero attached hydrogens (tertiary/aromatic N) is 2. The molecule has 2 N–H and O–H groups in total. The number of para-hydroxylation sites is 1. The Morgan fingerprint density at radius 1 is 1.12 bits per heavy atom. The van der Waals surface area contributed by atoms with E-state index in [4.69, 9.17) is 0 Å². The van der Waals surface area contributed by atoms with Crippen LogP contribution in [0.3, 0.4) is 0 Å². The molecule has 4 amide bonds. The van der Waals surface area contributed by atoms with Crippen molar-refractivity contribution < 1.29 is 14.4 Å². The molecule has 8 heteroatoms. The van der Waals surface area contributed by atoms with Gasteiger partial charge in [0.1, 0.15) is 6.04 Å². The number of benzene rings is 1. The van der Waals surface area contributed by atoms with Gasteiger partial charge in [0.05, 0.1) is 6.42 Å². The van der Waals surface area contributed by atoms with Gasteiger partial charge in [-0.25, -0.2) is 4.79 Å². The van der Waals surface area contributed by atoms with Gasteiger partial charge in [0.25, 0.3) is 0 Å². The lowest BCUT2D eigenvalue weighted by molar-refractivity contribution is -0.139. The van der Waals surface area contributed by atoms with E-state index in [0.29, 0.717) is 19.6 Å². The summed E-state index contributed by atoms with van der Waals surface area (Å²) in [6.45, 7) is 7.28. The minimum Gasteiger partial charge on any atom is -0.344 e. The third-order valence-electron chi connectivity index (χ3n) is 5.94. The summed E-state index contributed by atoms with van der Waals surface area (Å²) in [7, 11) is 0. The maximum atomic E-state index is 13.3. The summed E-state index contributed by atoms with van der Waals surface area (Å²) in [5.41, 5.74) is 0.744. The summed E-state index contributed by atoms with van der Waals surface area (Å²) in [5, 5.41) is 7.82. The highest BCUT2D eigenvalue weighted by Gasteiger charge is 2.35. The van der Waals surface area contributed by atoms with Crippen molar-refractivity contribution in [1.82, 2.24) is 15.1 Å². The zero-order valence-corrected chi connectivity index (χ0v) is 19.7. The van der Waals surface area contributed by atoms with Gasteiger partial charge in [-0.1, -0.05) is 44.5 Å². The van der Waals surface area contributed by atoms with Crippen LogP contribution in [-0.4, -0.2) is 59.4 Å². The standard InChI is InChI=1S/C24H32N4O3S/c1-4-17(2)22(26-21(29)15-20-11-8-14-32-20)23(30)27-12-13-28(18(3)16-27)24(31)25-19-9-6-5-7-10-19/h5-11,14,17-18,22H,4,12-13,15-16H2,1-3H3,(H,25,31)(H,26,29). The van der Waals surface area contributed by atoms with E-state index in [1.807, 2.05) is 68.6 Å². The first-order chi connectivity index (χ1) is 15.4. The van der Waals surface area contributed by atoms with Crippen molar-refractivity contribution in [3.63, 3.8) is 0 Å². The Morgan fingerprint density at radius 2 is 1.88 bits per heavy atom. The molecule has 172 valence electrons. The molecule has 7 nitrogen and oxygen atoms in total. The van der Waals surface area contributed by atoms with Crippen LogP contribution in [0.1, 0.15) is 32.1 Å². The number of piperazine rings is 1. The zero-order chi connectivity index (χ0) is 23.1. The second-order valence-electron chi connectivity index (χ2n) is 8.31. The molecule has 1 saturated heterocycles. The van der Waals surface area contributed by atoms with Crippen LogP contribution < -0.4 is 10.6 Å². The third kappa shape index (κ3) is 6.09. The molecule has 3 atom stereocenters. The Balaban J connectivity index is 1.60. The van der Waals surface area contributed by atoms with Crippen molar-refractivity contribution in [1.29, 1.82) is 0 Å². The smallest absolute Gasteiger partial charge is 0.322 e. The van der Waals surface area contributed by atoms with E-state index in [-0.39, 0.29) is 36.2 Å². The van der Waals surface area contributed by atoms with E-state index in [1.165, 1.54) is 11.3 Å². The lowest BCUT2D eigenvalue weighted by Crippen LogP contribution is -2.60. The van der Waals surface area contributed by atoms with E-state index in [0.717, 1.165) is 17.0 Å². The maximum absolute atomic E-state index is 13.3. The zero-order valence-electron chi connectivity index (χ0n) is 18.9. The van der Waals surface area contributed by atoms with Gasteiger partial charge in [0.2, 0.25) is 11.8 Å². The average molecular weight is 457 g/mol. The summed E-state index contributed by atoms with van der Waals surface area (Å²) >= 11 is 1.53. The number of urea groups is 1. The Labute approximate surface area is 193 Å². The van der Waals surface area contributed by atoms with Gasteiger partial charge in [-0.2, -0.15) is 0 Å². The normalized spacial score (nSPS) is 18.0. The molecule has 32 heavy (non-hydrogen) atoms. The molecule has 0 aliphatic carbocycles. The van der Waals surface area contributed by atoms with Crippen molar-refractivity contribution in [2.75, 3.05) is 25.0 Å². The fraction of sp³-hybridized carbons (Fsp3) is 0.458. The summed E-state index contributed by atoms with van der Waals surface area (Å²) in [4.78, 5) is 43.1. The molecule has 1 aromatic heterocycles. The fourth-order valence-electron chi connectivity index (χ4n) is 3.85. The van der Waals surface area contributed by atoms with Crippen LogP contribution in [0, 0.1) is 5.92 Å². The first-order valence-electron chi connectivity index (χ1n) is 11.1. The van der Waals surface area contributed by atoms with Crippen LogP contribution >= 0.6 is 11.3 Å². The first kappa shape index (κ1) is 23.8. The number of thiophene rings is 1. The largest absolute Gasteiger partial charge is 0.344 e. The van der Waals surface area contributed by atoms with E-state index >= 15 is 0 Å². The first-order valence-corrected chi connectivity index (χ1v) is 12.0. The lowest BCUT2D eigenvalue weighted by atomic mass is 9.97. The number of hydrogen-bond acceptors (Lipinski definition) is 4. The number of carbonyl (C=O) groups is 3. The van der Waals surface area contributed by atoms with Gasteiger partial charge in [-0.3, -0.25) is 9.59 Å². The quantitative estimate of drug-likeness (QED) is 0.668. The monoisotopic (exact) mass is 456 g/mol. The predicted molar refractivity (Wildman–Crippen MR) is 128 cm³/mol. The molecule has 0 radical (unpaired) electrons. The fourth-order valence-corrected chi connectivity index (χ4v) is 4.56. The van der Waals surface area contributed by atoms with E-state index in [1.54, 1.807) is 9.80 Å². The number of nitrogens with one attached hydrogen (secondary N) is 2. The Kier molecular flexibility index (Phi) is 8.27. The minimum absolute atomic E-state index is 0.0181. The van der Waals surface area contributed by atoms with Crippen LogP contribution in [0.2, 0.25) is 0 Å². The average Bonchev–Trinajstić information content (AvgIpc) is 3.30. The number of anilines is 1. The summed E-state index contributed by atoms with van der Waals surface area (Å²) < 4.78 is 0. The highest BCUT2D eigenvalue weighted by atomic mass is 32.1. The molecule has 0 bridgehead atoms. The Morgan fingerprint density at radius 3 is 2.50 bits per heavy atom. The molecule has 3 unspecified atom stereocenters. The van der Waals surface area contributed by atoms with Gasteiger partial charge < -0.3 is 20.4 Å². The van der Waals surface area contributed by atoms with Gasteiger partial charge >= 0.3 is 6.03 Å². The third-order valence-corrected chi connectivity index (χ3v) is 6.81. The summed E-state index contributed by atoms with van der Waals surface area (Å²) in [5.74, 6) is -0.196. The molecule has 1 aliphatic heterocycles. The molecule has 3 rings (SSSR count). The molecular weight excluding hydrogens is 424 g/mol. The Hall–Kier alpha value is -2.87. The van der Waals surface area contributed by atoms with E-state index in [9.17, 15) is 14.4 Å². The highest BCUT2D eigenvalue weighted by molar-refractivity contribution is 7.10. The SMILES string of the molecule is CCC(C)C(NC(=O)Cc1cccs1)C(=O)N1CCN(C(=O)Nc2ccccc2)C(C)C1. The summed E-state index contributed by atoms with van der Waals surface area (Å²) in [6, 6.07) is 12.3. The van der Waals surface area contributed by atoms with Gasteiger partial charge in [-0.05, 0) is 36.4 Å². The second-order valence-corrected chi connectivity index (χ2v) is 9.34. The van der Waals surface area contributed by atoms with Crippen molar-refractivity contribution in [3.05, 3.63) is 52.7 Å². The van der Waals surface area contributed by atoms with E-state index < -0.39 is 6.04 Å². The number of amides is 4. The topological polar surface area (TPSA) is 81.8 Å². The predicted octanol–water partition coefficient (Wildman–Crippen LogP) is 3.59. The molecule has 1 fully saturated rings. The minimum atomic E-state index is -0.565. The molecule has 1 aliphatic rings. The molecule has 1 aromatic carbocycles. The molecular formula is C24H32N4O3S. The molecule has 2 aromatic rings. The summed E-state index contributed by atoms with van der Waals surface area (Å²) in [6.07, 6.45) is 1.06. The van der Waals surface area contributed by atoms with Crippen LogP contribution in [0.25, 0.3) is 0 Å². The van der Waals surface area contributed by atoms with Crippen LogP contribution in [0.15, 0.2) is 47.8 Å². The highest BCUT2D eigenvalue weighted by Crippen LogP contribution is 2.18. The second kappa shape index (κ2) is 11.1. The van der Waals surface area contributed by atoms with Crippen molar-refractivity contribution in [2.45, 2.75) is 45.7 Å². The van der Waals surface area contributed by atoms with Crippen LogP contribution in [0.5, 0.6) is 0 Å². The van der Waals surface area contributed by atoms with Crippen molar-refractivity contribution >= 4 is 34.9 Å². The van der Waals surface area contributed by atoms with Crippen molar-refractivity contribution in [2.24, 2.45) is 5.92 Å². The Bertz CT molecular complexity index is 903. The van der Waals surface area contributed by atoms with Gasteiger partial charge in [0.15, 0.2) is 0 Å². The van der Waals surface area contributed by atoms with Gasteiger partial charge in [0, 0.05) is 36.2 Å². The molecule has 0 saturated carbocycles. The van der Waals surface area contributed by atoms with Crippen LogP contribution in [-0.2, 0) is 16.0 Å². The molecule has 2 heterocycles. The van der Waals surface area contributed by atoms with Crippen molar-refractivity contribution in [3.8, 4) is 0 Å².